The minimum atomic E-state index is -0.798. The molecule has 0 aliphatic carbocycles. The number of imide groups is 1. The number of rotatable bonds is 7. The predicted molar refractivity (Wildman–Crippen MR) is 70.4 cm³/mol. The number of hydrogen-bond acceptors (Lipinski definition) is 3. The van der Waals surface area contributed by atoms with Gasteiger partial charge in [0.05, 0.1) is 5.41 Å². The van der Waals surface area contributed by atoms with Crippen LogP contribution in [0.1, 0.15) is 52.9 Å². The molecule has 108 valence electrons. The lowest BCUT2D eigenvalue weighted by Crippen LogP contribution is -2.34. The molecular formula is C14H23NO4. The summed E-state index contributed by atoms with van der Waals surface area (Å²) in [7, 11) is 0. The number of carboxylic acid groups (broad SMARTS) is 1. The molecule has 0 aromatic carbocycles. The number of likely N-dealkylation sites (tertiary alicyclic amines) is 1. The first-order chi connectivity index (χ1) is 8.77. The topological polar surface area (TPSA) is 74.7 Å². The van der Waals surface area contributed by atoms with Gasteiger partial charge in [-0.25, -0.2) is 0 Å². The lowest BCUT2D eigenvalue weighted by molar-refractivity contribution is -0.141. The second-order valence-corrected chi connectivity index (χ2v) is 5.91. The summed E-state index contributed by atoms with van der Waals surface area (Å²) < 4.78 is 0. The molecule has 0 saturated carbocycles. The van der Waals surface area contributed by atoms with Crippen molar-refractivity contribution < 1.29 is 19.5 Å². The first kappa shape index (κ1) is 15.7. The zero-order valence-electron chi connectivity index (χ0n) is 11.9. The molecule has 0 aromatic rings. The van der Waals surface area contributed by atoms with Gasteiger partial charge in [-0.15, -0.1) is 0 Å². The van der Waals surface area contributed by atoms with Crippen molar-refractivity contribution in [3.63, 3.8) is 0 Å². The van der Waals surface area contributed by atoms with Crippen molar-refractivity contribution in [1.82, 2.24) is 4.90 Å². The number of aliphatic carboxylic acids is 1. The number of carbonyl (C=O) groups excluding carboxylic acids is 2. The molecule has 2 amide bonds. The van der Waals surface area contributed by atoms with Gasteiger partial charge in [0.15, 0.2) is 0 Å². The minimum absolute atomic E-state index is 0.106. The summed E-state index contributed by atoms with van der Waals surface area (Å²) in [5, 5.41) is 8.67. The quantitative estimate of drug-likeness (QED) is 0.718. The summed E-state index contributed by atoms with van der Waals surface area (Å²) in [4.78, 5) is 35.7. The molecule has 1 aliphatic heterocycles. The summed E-state index contributed by atoms with van der Waals surface area (Å²) in [6, 6.07) is 0. The van der Waals surface area contributed by atoms with Crippen LogP contribution in [0.4, 0.5) is 0 Å². The normalized spacial score (nSPS) is 19.8. The van der Waals surface area contributed by atoms with E-state index in [1.54, 1.807) is 13.8 Å². The van der Waals surface area contributed by atoms with Gasteiger partial charge in [0.2, 0.25) is 11.8 Å². The third-order valence-electron chi connectivity index (χ3n) is 3.82. The molecule has 1 aliphatic rings. The summed E-state index contributed by atoms with van der Waals surface area (Å²) in [6.45, 7) is 5.99. The molecular weight excluding hydrogens is 246 g/mol. The van der Waals surface area contributed by atoms with Gasteiger partial charge in [0.25, 0.3) is 0 Å². The molecule has 1 heterocycles. The largest absolute Gasteiger partial charge is 0.481 e. The van der Waals surface area contributed by atoms with Crippen LogP contribution in [0, 0.1) is 11.3 Å². The zero-order chi connectivity index (χ0) is 14.6. The highest BCUT2D eigenvalue weighted by Crippen LogP contribution is 2.32. The molecule has 0 bridgehead atoms. The van der Waals surface area contributed by atoms with Crippen molar-refractivity contribution >= 4 is 17.8 Å². The van der Waals surface area contributed by atoms with Gasteiger partial charge in [0, 0.05) is 19.4 Å². The van der Waals surface area contributed by atoms with Gasteiger partial charge >= 0.3 is 5.97 Å². The molecule has 0 spiro atoms. The molecule has 19 heavy (non-hydrogen) atoms. The van der Waals surface area contributed by atoms with E-state index in [0.29, 0.717) is 19.4 Å². The Bertz CT molecular complexity index is 376. The maximum Gasteiger partial charge on any atom is 0.303 e. The SMILES string of the molecule is CCC(CCC(=O)O)CCN1C(=O)CC(C)(C)C1=O. The van der Waals surface area contributed by atoms with Crippen molar-refractivity contribution in [2.45, 2.75) is 52.9 Å². The first-order valence-electron chi connectivity index (χ1n) is 6.84. The molecule has 1 rings (SSSR count). The fourth-order valence-electron chi connectivity index (χ4n) is 2.45. The van der Waals surface area contributed by atoms with E-state index < -0.39 is 11.4 Å². The maximum absolute atomic E-state index is 12.0. The second kappa shape index (κ2) is 6.17. The minimum Gasteiger partial charge on any atom is -0.481 e. The Morgan fingerprint density at radius 1 is 1.37 bits per heavy atom. The second-order valence-electron chi connectivity index (χ2n) is 5.91. The Kier molecular flexibility index (Phi) is 5.09. The highest BCUT2D eigenvalue weighted by atomic mass is 16.4. The Morgan fingerprint density at radius 3 is 2.42 bits per heavy atom. The monoisotopic (exact) mass is 269 g/mol. The van der Waals surface area contributed by atoms with E-state index >= 15 is 0 Å². The van der Waals surface area contributed by atoms with E-state index in [1.807, 2.05) is 6.92 Å². The van der Waals surface area contributed by atoms with Gasteiger partial charge in [-0.3, -0.25) is 19.3 Å². The van der Waals surface area contributed by atoms with E-state index in [4.69, 9.17) is 5.11 Å². The predicted octanol–water partition coefficient (Wildman–Crippen LogP) is 2.05. The van der Waals surface area contributed by atoms with Crippen molar-refractivity contribution in [3.8, 4) is 0 Å². The molecule has 1 unspecified atom stereocenters. The molecule has 1 N–H and O–H groups in total. The van der Waals surface area contributed by atoms with Gasteiger partial charge in [-0.05, 0) is 18.8 Å². The van der Waals surface area contributed by atoms with Crippen LogP contribution in [0.15, 0.2) is 0 Å². The summed E-state index contributed by atoms with van der Waals surface area (Å²) in [5.41, 5.74) is -0.583. The highest BCUT2D eigenvalue weighted by molar-refractivity contribution is 6.05. The number of nitrogens with zero attached hydrogens (tertiary/aromatic N) is 1. The first-order valence-corrected chi connectivity index (χ1v) is 6.84. The van der Waals surface area contributed by atoms with Crippen LogP contribution in [0.5, 0.6) is 0 Å². The molecule has 1 fully saturated rings. The fourth-order valence-corrected chi connectivity index (χ4v) is 2.45. The zero-order valence-corrected chi connectivity index (χ0v) is 11.9. The van der Waals surface area contributed by atoms with Crippen molar-refractivity contribution in [2.75, 3.05) is 6.54 Å². The Hall–Kier alpha value is -1.39. The van der Waals surface area contributed by atoms with Crippen LogP contribution in [0.25, 0.3) is 0 Å². The van der Waals surface area contributed by atoms with Crippen LogP contribution in [-0.4, -0.2) is 34.3 Å². The summed E-state index contributed by atoms with van der Waals surface area (Å²) in [6.07, 6.45) is 2.58. The van der Waals surface area contributed by atoms with E-state index in [-0.39, 0.29) is 30.6 Å². The number of amides is 2. The Morgan fingerprint density at radius 2 is 2.00 bits per heavy atom. The third kappa shape index (κ3) is 4.04. The van der Waals surface area contributed by atoms with Crippen LogP contribution in [0.3, 0.4) is 0 Å². The summed E-state index contributed by atoms with van der Waals surface area (Å²) >= 11 is 0. The number of carbonyl (C=O) groups is 3. The van der Waals surface area contributed by atoms with Crippen LogP contribution >= 0.6 is 0 Å². The van der Waals surface area contributed by atoms with Gasteiger partial charge < -0.3 is 5.11 Å². The van der Waals surface area contributed by atoms with E-state index in [1.165, 1.54) is 4.90 Å². The molecule has 0 radical (unpaired) electrons. The van der Waals surface area contributed by atoms with Crippen molar-refractivity contribution in [3.05, 3.63) is 0 Å². The Balaban J connectivity index is 2.49. The highest BCUT2D eigenvalue weighted by Gasteiger charge is 2.44. The molecule has 0 aromatic heterocycles. The fraction of sp³-hybridized carbons (Fsp3) is 0.786. The smallest absolute Gasteiger partial charge is 0.303 e. The van der Waals surface area contributed by atoms with Gasteiger partial charge in [-0.1, -0.05) is 27.2 Å². The lowest BCUT2D eigenvalue weighted by atomic mass is 9.92. The number of hydrogen-bond donors (Lipinski definition) is 1. The standard InChI is InChI=1S/C14H23NO4/c1-4-10(5-6-12(17)18)7-8-15-11(16)9-14(2,3)13(15)19/h10H,4-9H2,1-3H3,(H,17,18). The molecule has 5 nitrogen and oxygen atoms in total. The average Bonchev–Trinajstić information content (AvgIpc) is 2.50. The molecule has 5 heteroatoms. The number of carboxylic acids is 1. The van der Waals surface area contributed by atoms with E-state index in [0.717, 1.165) is 6.42 Å². The molecule has 1 atom stereocenters. The van der Waals surface area contributed by atoms with Crippen molar-refractivity contribution in [2.24, 2.45) is 11.3 Å². The average molecular weight is 269 g/mol. The maximum atomic E-state index is 12.0. The third-order valence-corrected chi connectivity index (χ3v) is 3.82. The van der Waals surface area contributed by atoms with Crippen LogP contribution < -0.4 is 0 Å². The van der Waals surface area contributed by atoms with Crippen LogP contribution in [0.2, 0.25) is 0 Å². The molecule has 1 saturated heterocycles. The van der Waals surface area contributed by atoms with Crippen LogP contribution in [-0.2, 0) is 14.4 Å². The van der Waals surface area contributed by atoms with Crippen molar-refractivity contribution in [1.29, 1.82) is 0 Å². The Labute approximate surface area is 114 Å². The lowest BCUT2D eigenvalue weighted by Gasteiger charge is -2.20. The summed E-state index contributed by atoms with van der Waals surface area (Å²) in [5.74, 6) is -0.762. The van der Waals surface area contributed by atoms with E-state index in [9.17, 15) is 14.4 Å². The van der Waals surface area contributed by atoms with Gasteiger partial charge in [0.1, 0.15) is 0 Å². The van der Waals surface area contributed by atoms with Gasteiger partial charge in [-0.2, -0.15) is 0 Å². The van der Waals surface area contributed by atoms with E-state index in [2.05, 4.69) is 0 Å².